The Bertz CT molecular complexity index is 1010. The molecule has 2 aromatic carbocycles. The van der Waals surface area contributed by atoms with Crippen molar-refractivity contribution in [2.75, 3.05) is 46.9 Å². The van der Waals surface area contributed by atoms with Crippen molar-refractivity contribution in [1.82, 2.24) is 20.1 Å². The molecule has 4 rings (SSSR count). The molecule has 0 bridgehead atoms. The summed E-state index contributed by atoms with van der Waals surface area (Å²) >= 11 is 0. The van der Waals surface area contributed by atoms with Gasteiger partial charge in [-0.2, -0.15) is 0 Å². The zero-order valence-electron chi connectivity index (χ0n) is 19.4. The molecule has 0 radical (unpaired) electrons. The Balaban J connectivity index is 1.34. The maximum absolute atomic E-state index is 12.8. The molecule has 1 saturated heterocycles. The number of carbonyl (C=O) groups excluding carboxylic acids is 1. The monoisotopic (exact) mass is 448 g/mol. The third kappa shape index (κ3) is 6.43. The van der Waals surface area contributed by atoms with Crippen LogP contribution >= 0.6 is 0 Å². The summed E-state index contributed by atoms with van der Waals surface area (Å²) in [6, 6.07) is 17.8. The van der Waals surface area contributed by atoms with E-state index in [2.05, 4.69) is 39.3 Å². The minimum atomic E-state index is -0.0403. The van der Waals surface area contributed by atoms with Crippen molar-refractivity contribution in [2.45, 2.75) is 18.9 Å². The number of hydrogen-bond acceptors (Lipinski definition) is 6. The fourth-order valence-corrected chi connectivity index (χ4v) is 4.01. The molecule has 0 saturated carbocycles. The number of rotatable bonds is 9. The fraction of sp³-hybridized carbons (Fsp3) is 0.385. The molecule has 33 heavy (non-hydrogen) atoms. The quantitative estimate of drug-likeness (QED) is 0.541. The van der Waals surface area contributed by atoms with Gasteiger partial charge in [0.15, 0.2) is 11.7 Å². The Labute approximate surface area is 195 Å². The normalized spacial score (nSPS) is 15.8. The molecule has 7 nitrogen and oxygen atoms in total. The van der Waals surface area contributed by atoms with Gasteiger partial charge in [-0.05, 0) is 36.9 Å². The van der Waals surface area contributed by atoms with E-state index in [9.17, 15) is 4.79 Å². The first-order chi connectivity index (χ1) is 16.1. The average molecular weight is 449 g/mol. The Morgan fingerprint density at radius 2 is 1.82 bits per heavy atom. The minimum absolute atomic E-state index is 0.00202. The number of amides is 1. The first-order valence-electron chi connectivity index (χ1n) is 11.4. The van der Waals surface area contributed by atoms with E-state index < -0.39 is 0 Å². The highest BCUT2D eigenvalue weighted by Crippen LogP contribution is 2.23. The largest absolute Gasteiger partial charge is 0.497 e. The molecule has 1 aliphatic heterocycles. The second-order valence-electron chi connectivity index (χ2n) is 8.48. The first kappa shape index (κ1) is 23.0. The van der Waals surface area contributed by atoms with Crippen LogP contribution in [-0.2, 0) is 11.2 Å². The number of piperazine rings is 1. The number of likely N-dealkylation sites (N-methyl/N-ethyl adjacent to an activating group) is 1. The van der Waals surface area contributed by atoms with E-state index in [0.29, 0.717) is 24.5 Å². The molecule has 1 fully saturated rings. The van der Waals surface area contributed by atoms with Gasteiger partial charge in [-0.3, -0.25) is 9.69 Å². The fourth-order valence-electron chi connectivity index (χ4n) is 4.01. The predicted molar refractivity (Wildman–Crippen MR) is 128 cm³/mol. The van der Waals surface area contributed by atoms with E-state index in [1.165, 1.54) is 0 Å². The zero-order valence-corrected chi connectivity index (χ0v) is 19.4. The van der Waals surface area contributed by atoms with Gasteiger partial charge >= 0.3 is 0 Å². The molecule has 3 aromatic rings. The topological polar surface area (TPSA) is 70.8 Å². The van der Waals surface area contributed by atoms with Crippen molar-refractivity contribution in [1.29, 1.82) is 0 Å². The molecular formula is C26H32N4O3. The van der Waals surface area contributed by atoms with Crippen LogP contribution in [0.15, 0.2) is 65.2 Å². The summed E-state index contributed by atoms with van der Waals surface area (Å²) in [6.45, 7) is 4.94. The number of carbonyl (C=O) groups is 1. The number of oxazole rings is 1. The summed E-state index contributed by atoms with van der Waals surface area (Å²) in [5, 5.41) is 3.24. The molecule has 1 aliphatic rings. The van der Waals surface area contributed by atoms with Crippen molar-refractivity contribution in [3.05, 3.63) is 72.2 Å². The number of methoxy groups -OCH3 is 1. The SMILES string of the molecule is COc1ccc(-c2cnc(CCC(=O)NC(CN3CCN(C)CC3)c3ccccc3)o2)cc1. The third-order valence-corrected chi connectivity index (χ3v) is 6.07. The number of nitrogens with one attached hydrogen (secondary N) is 1. The summed E-state index contributed by atoms with van der Waals surface area (Å²) in [5.41, 5.74) is 2.05. The summed E-state index contributed by atoms with van der Waals surface area (Å²) in [5.74, 6) is 2.04. The lowest BCUT2D eigenvalue weighted by Gasteiger charge is -2.35. The van der Waals surface area contributed by atoms with E-state index in [-0.39, 0.29) is 11.9 Å². The standard InChI is InChI=1S/C26H32N4O3/c1-29-14-16-30(17-15-29)19-23(20-6-4-3-5-7-20)28-25(31)12-13-26-27-18-24(33-26)21-8-10-22(32-2)11-9-21/h3-11,18,23H,12-17,19H2,1-2H3,(H,28,31). The smallest absolute Gasteiger partial charge is 0.221 e. The van der Waals surface area contributed by atoms with Crippen LogP contribution in [0, 0.1) is 0 Å². The summed E-state index contributed by atoms with van der Waals surface area (Å²) < 4.78 is 11.1. The molecule has 2 heterocycles. The molecule has 1 N–H and O–H groups in total. The van der Waals surface area contributed by atoms with Gasteiger partial charge in [0.2, 0.25) is 5.91 Å². The zero-order chi connectivity index (χ0) is 23.0. The molecule has 7 heteroatoms. The van der Waals surface area contributed by atoms with E-state index in [1.54, 1.807) is 13.3 Å². The van der Waals surface area contributed by atoms with Crippen LogP contribution in [0.2, 0.25) is 0 Å². The molecule has 1 unspecified atom stereocenters. The maximum Gasteiger partial charge on any atom is 0.221 e. The van der Waals surface area contributed by atoms with Gasteiger partial charge in [-0.15, -0.1) is 0 Å². The third-order valence-electron chi connectivity index (χ3n) is 6.07. The summed E-state index contributed by atoms with van der Waals surface area (Å²) in [6.07, 6.45) is 2.49. The van der Waals surface area contributed by atoms with Crippen LogP contribution in [-0.4, -0.2) is 67.6 Å². The second kappa shape index (κ2) is 11.1. The lowest BCUT2D eigenvalue weighted by Crippen LogP contribution is -2.47. The molecule has 0 aliphatic carbocycles. The Hall–Kier alpha value is -3.16. The van der Waals surface area contributed by atoms with Crippen LogP contribution in [0.1, 0.15) is 23.9 Å². The van der Waals surface area contributed by atoms with Crippen molar-refractivity contribution in [3.63, 3.8) is 0 Å². The first-order valence-corrected chi connectivity index (χ1v) is 11.4. The van der Waals surface area contributed by atoms with Crippen molar-refractivity contribution in [2.24, 2.45) is 0 Å². The van der Waals surface area contributed by atoms with E-state index in [0.717, 1.165) is 49.6 Å². The highest BCUT2D eigenvalue weighted by molar-refractivity contribution is 5.76. The van der Waals surface area contributed by atoms with Crippen molar-refractivity contribution >= 4 is 5.91 Å². The van der Waals surface area contributed by atoms with Crippen LogP contribution in [0.3, 0.4) is 0 Å². The molecule has 1 amide bonds. The van der Waals surface area contributed by atoms with Gasteiger partial charge in [-0.1, -0.05) is 30.3 Å². The van der Waals surface area contributed by atoms with Crippen molar-refractivity contribution in [3.8, 4) is 17.1 Å². The van der Waals surface area contributed by atoms with E-state index in [1.807, 2.05) is 42.5 Å². The highest BCUT2D eigenvalue weighted by atomic mass is 16.5. The van der Waals surface area contributed by atoms with Gasteiger partial charge in [0.05, 0.1) is 19.3 Å². The van der Waals surface area contributed by atoms with Gasteiger partial charge in [0, 0.05) is 51.1 Å². The van der Waals surface area contributed by atoms with Gasteiger partial charge in [-0.25, -0.2) is 4.98 Å². The van der Waals surface area contributed by atoms with Crippen LogP contribution < -0.4 is 10.1 Å². The molecule has 1 aromatic heterocycles. The van der Waals surface area contributed by atoms with Crippen LogP contribution in [0.4, 0.5) is 0 Å². The summed E-state index contributed by atoms with van der Waals surface area (Å²) in [4.78, 5) is 21.9. The second-order valence-corrected chi connectivity index (χ2v) is 8.48. The van der Waals surface area contributed by atoms with Gasteiger partial charge < -0.3 is 19.4 Å². The Morgan fingerprint density at radius 3 is 2.52 bits per heavy atom. The highest BCUT2D eigenvalue weighted by Gasteiger charge is 2.21. The molecule has 1 atom stereocenters. The lowest BCUT2D eigenvalue weighted by atomic mass is 10.1. The average Bonchev–Trinajstić information content (AvgIpc) is 3.33. The number of benzene rings is 2. The van der Waals surface area contributed by atoms with Crippen LogP contribution in [0.25, 0.3) is 11.3 Å². The Kier molecular flexibility index (Phi) is 7.75. The molecule has 0 spiro atoms. The number of aromatic nitrogens is 1. The van der Waals surface area contributed by atoms with Gasteiger partial charge in [0.1, 0.15) is 5.75 Å². The Morgan fingerprint density at radius 1 is 1.09 bits per heavy atom. The number of nitrogens with zero attached hydrogens (tertiary/aromatic N) is 3. The van der Waals surface area contributed by atoms with Crippen molar-refractivity contribution < 1.29 is 13.9 Å². The van der Waals surface area contributed by atoms with Crippen LogP contribution in [0.5, 0.6) is 5.75 Å². The van der Waals surface area contributed by atoms with E-state index >= 15 is 0 Å². The number of aryl methyl sites for hydroxylation is 1. The number of hydrogen-bond donors (Lipinski definition) is 1. The minimum Gasteiger partial charge on any atom is -0.497 e. The predicted octanol–water partition coefficient (Wildman–Crippen LogP) is 3.39. The van der Waals surface area contributed by atoms with E-state index in [4.69, 9.17) is 9.15 Å². The molecule has 174 valence electrons. The summed E-state index contributed by atoms with van der Waals surface area (Å²) in [7, 11) is 3.79. The molecular weight excluding hydrogens is 416 g/mol. The van der Waals surface area contributed by atoms with Gasteiger partial charge in [0.25, 0.3) is 0 Å². The maximum atomic E-state index is 12.8. The number of ether oxygens (including phenoxy) is 1. The lowest BCUT2D eigenvalue weighted by molar-refractivity contribution is -0.122.